The summed E-state index contributed by atoms with van der Waals surface area (Å²) in [5.41, 5.74) is 3.90. The Morgan fingerprint density at radius 1 is 0.939 bits per heavy atom. The number of benzene rings is 2. The van der Waals surface area contributed by atoms with Crippen LogP contribution >= 0.6 is 0 Å². The first-order valence-electron chi connectivity index (χ1n) is 10.9. The van der Waals surface area contributed by atoms with Crippen molar-refractivity contribution in [1.82, 2.24) is 14.8 Å². The number of nitrogens with one attached hydrogen (secondary N) is 1. The van der Waals surface area contributed by atoms with E-state index in [2.05, 4.69) is 14.6 Å². The molecule has 7 nitrogen and oxygen atoms in total. The number of rotatable bonds is 6. The van der Waals surface area contributed by atoms with Gasteiger partial charge >= 0.3 is 0 Å². The second-order valence-electron chi connectivity index (χ2n) is 8.37. The number of carbonyl (C=O) groups excluding carboxylic acids is 1. The van der Waals surface area contributed by atoms with Gasteiger partial charge in [-0.2, -0.15) is 0 Å². The summed E-state index contributed by atoms with van der Waals surface area (Å²) >= 11 is 0. The third-order valence-electron chi connectivity index (χ3n) is 5.87. The van der Waals surface area contributed by atoms with Gasteiger partial charge in [-0.3, -0.25) is 19.4 Å². The molecule has 1 aromatic heterocycles. The molecule has 0 radical (unpaired) electrons. The van der Waals surface area contributed by atoms with Gasteiger partial charge in [0, 0.05) is 56.4 Å². The lowest BCUT2D eigenvalue weighted by Gasteiger charge is -2.35. The highest BCUT2D eigenvalue weighted by molar-refractivity contribution is 7.92. The summed E-state index contributed by atoms with van der Waals surface area (Å²) in [4.78, 5) is 21.5. The minimum Gasteiger partial charge on any atom is -0.336 e. The standard InChI is InChI=1S/C25H28N4O3S/c1-19-3-6-22(7-4-19)27-33(31,32)23-8-5-20(2)24(17-23)25(30)29-15-13-28(14-16-29)18-21-9-11-26-12-10-21/h3-12,17,27H,13-16,18H2,1-2H3. The van der Waals surface area contributed by atoms with Crippen molar-refractivity contribution in [3.8, 4) is 0 Å². The van der Waals surface area contributed by atoms with Crippen LogP contribution in [0.15, 0.2) is 71.9 Å². The first kappa shape index (κ1) is 22.9. The van der Waals surface area contributed by atoms with E-state index in [-0.39, 0.29) is 10.8 Å². The largest absolute Gasteiger partial charge is 0.336 e. The fourth-order valence-electron chi connectivity index (χ4n) is 3.86. The summed E-state index contributed by atoms with van der Waals surface area (Å²) in [6.07, 6.45) is 3.57. The first-order chi connectivity index (χ1) is 15.8. The van der Waals surface area contributed by atoms with Crippen LogP contribution in [0.25, 0.3) is 0 Å². The molecule has 1 N–H and O–H groups in total. The number of hydrogen-bond donors (Lipinski definition) is 1. The van der Waals surface area contributed by atoms with E-state index in [4.69, 9.17) is 0 Å². The summed E-state index contributed by atoms with van der Waals surface area (Å²) < 4.78 is 28.4. The molecule has 8 heteroatoms. The third-order valence-corrected chi connectivity index (χ3v) is 7.25. The molecular weight excluding hydrogens is 436 g/mol. The second-order valence-corrected chi connectivity index (χ2v) is 10.1. The van der Waals surface area contributed by atoms with Gasteiger partial charge in [-0.1, -0.05) is 23.8 Å². The summed E-state index contributed by atoms with van der Waals surface area (Å²) in [6.45, 7) is 7.32. The van der Waals surface area contributed by atoms with Crippen molar-refractivity contribution in [2.24, 2.45) is 0 Å². The Hall–Kier alpha value is -3.23. The lowest BCUT2D eigenvalue weighted by Crippen LogP contribution is -2.48. The van der Waals surface area contributed by atoms with E-state index >= 15 is 0 Å². The normalized spacial score (nSPS) is 14.8. The third kappa shape index (κ3) is 5.58. The highest BCUT2D eigenvalue weighted by Crippen LogP contribution is 2.21. The van der Waals surface area contributed by atoms with Gasteiger partial charge in [-0.15, -0.1) is 0 Å². The zero-order chi connectivity index (χ0) is 23.4. The van der Waals surface area contributed by atoms with Crippen LogP contribution in [0.3, 0.4) is 0 Å². The number of carbonyl (C=O) groups is 1. The topological polar surface area (TPSA) is 82.6 Å². The molecule has 33 heavy (non-hydrogen) atoms. The SMILES string of the molecule is Cc1ccc(NS(=O)(=O)c2ccc(C)c(C(=O)N3CCN(Cc4ccncc4)CC3)c2)cc1. The Labute approximate surface area is 195 Å². The average molecular weight is 465 g/mol. The van der Waals surface area contributed by atoms with Gasteiger partial charge in [-0.25, -0.2) is 8.42 Å². The van der Waals surface area contributed by atoms with Crippen molar-refractivity contribution in [3.05, 3.63) is 89.2 Å². The molecule has 0 aliphatic carbocycles. The van der Waals surface area contributed by atoms with Gasteiger partial charge in [0.2, 0.25) is 0 Å². The molecule has 1 amide bonds. The number of hydrogen-bond acceptors (Lipinski definition) is 5. The molecule has 1 aliphatic rings. The number of nitrogens with zero attached hydrogens (tertiary/aromatic N) is 3. The average Bonchev–Trinajstić information content (AvgIpc) is 2.81. The molecule has 4 rings (SSSR count). The minimum atomic E-state index is -3.81. The lowest BCUT2D eigenvalue weighted by molar-refractivity contribution is 0.0627. The minimum absolute atomic E-state index is 0.0772. The van der Waals surface area contributed by atoms with Crippen molar-refractivity contribution in [1.29, 1.82) is 0 Å². The molecule has 2 aromatic carbocycles. The van der Waals surface area contributed by atoms with Crippen molar-refractivity contribution in [2.45, 2.75) is 25.3 Å². The zero-order valence-corrected chi connectivity index (χ0v) is 19.7. The van der Waals surface area contributed by atoms with Crippen molar-refractivity contribution in [2.75, 3.05) is 30.9 Å². The summed E-state index contributed by atoms with van der Waals surface area (Å²) in [5.74, 6) is -0.136. The number of aromatic nitrogens is 1. The molecule has 0 atom stereocenters. The molecular formula is C25H28N4O3S. The number of aryl methyl sites for hydroxylation is 2. The van der Waals surface area contributed by atoms with Crippen molar-refractivity contribution < 1.29 is 13.2 Å². The van der Waals surface area contributed by atoms with Crippen molar-refractivity contribution in [3.63, 3.8) is 0 Å². The molecule has 172 valence electrons. The van der Waals surface area contributed by atoms with E-state index in [1.807, 2.05) is 38.1 Å². The van der Waals surface area contributed by atoms with Gasteiger partial charge < -0.3 is 4.90 Å². The zero-order valence-electron chi connectivity index (χ0n) is 18.9. The number of pyridine rings is 1. The van der Waals surface area contributed by atoms with E-state index in [0.717, 1.165) is 30.8 Å². The molecule has 0 unspecified atom stereocenters. The first-order valence-corrected chi connectivity index (χ1v) is 12.4. The Kier molecular flexibility index (Phi) is 6.76. The van der Waals surface area contributed by atoms with Crippen LogP contribution in [0.2, 0.25) is 0 Å². The smallest absolute Gasteiger partial charge is 0.261 e. The highest BCUT2D eigenvalue weighted by Gasteiger charge is 2.25. The van der Waals surface area contributed by atoms with Crippen LogP contribution in [0, 0.1) is 13.8 Å². The Balaban J connectivity index is 1.45. The monoisotopic (exact) mass is 464 g/mol. The van der Waals surface area contributed by atoms with Crippen LogP contribution in [-0.2, 0) is 16.6 Å². The maximum absolute atomic E-state index is 13.2. The maximum atomic E-state index is 13.2. The molecule has 0 bridgehead atoms. The lowest BCUT2D eigenvalue weighted by atomic mass is 10.1. The van der Waals surface area contributed by atoms with Crippen LogP contribution < -0.4 is 4.72 Å². The van der Waals surface area contributed by atoms with E-state index in [1.54, 1.807) is 35.5 Å². The number of anilines is 1. The van der Waals surface area contributed by atoms with E-state index < -0.39 is 10.0 Å². The Bertz CT molecular complexity index is 1220. The fraction of sp³-hybridized carbons (Fsp3) is 0.280. The van der Waals surface area contributed by atoms with Gasteiger partial charge in [0.05, 0.1) is 4.90 Å². The number of piperazine rings is 1. The summed E-state index contributed by atoms with van der Waals surface area (Å²) in [7, 11) is -3.81. The molecule has 0 saturated carbocycles. The number of sulfonamides is 1. The maximum Gasteiger partial charge on any atom is 0.261 e. The molecule has 3 aromatic rings. The molecule has 1 saturated heterocycles. The molecule has 1 aliphatic heterocycles. The van der Waals surface area contributed by atoms with Gasteiger partial charge in [0.1, 0.15) is 0 Å². The summed E-state index contributed by atoms with van der Waals surface area (Å²) in [6, 6.07) is 15.8. The van der Waals surface area contributed by atoms with Crippen LogP contribution in [0.4, 0.5) is 5.69 Å². The highest BCUT2D eigenvalue weighted by atomic mass is 32.2. The predicted octanol–water partition coefficient (Wildman–Crippen LogP) is 3.46. The number of amides is 1. The molecule has 1 fully saturated rings. The van der Waals surface area contributed by atoms with Crippen LogP contribution in [0.1, 0.15) is 27.0 Å². The molecule has 2 heterocycles. The van der Waals surface area contributed by atoms with Crippen molar-refractivity contribution >= 4 is 21.6 Å². The van der Waals surface area contributed by atoms with Gasteiger partial charge in [0.25, 0.3) is 15.9 Å². The van der Waals surface area contributed by atoms with E-state index in [1.165, 1.54) is 17.7 Å². The Morgan fingerprint density at radius 2 is 1.61 bits per heavy atom. The van der Waals surface area contributed by atoms with E-state index in [9.17, 15) is 13.2 Å². The predicted molar refractivity (Wildman–Crippen MR) is 129 cm³/mol. The van der Waals surface area contributed by atoms with Gasteiger partial charge in [0.15, 0.2) is 0 Å². The quantitative estimate of drug-likeness (QED) is 0.604. The summed E-state index contributed by atoms with van der Waals surface area (Å²) in [5, 5.41) is 0. The Morgan fingerprint density at radius 3 is 2.27 bits per heavy atom. The molecule has 0 spiro atoms. The van der Waals surface area contributed by atoms with E-state index in [0.29, 0.717) is 24.3 Å². The van der Waals surface area contributed by atoms with Gasteiger partial charge in [-0.05, 0) is 61.4 Å². The van der Waals surface area contributed by atoms with Crippen LogP contribution in [-0.4, -0.2) is 55.3 Å². The second kappa shape index (κ2) is 9.72. The van der Waals surface area contributed by atoms with Crippen LogP contribution in [0.5, 0.6) is 0 Å². The fourth-order valence-corrected chi connectivity index (χ4v) is 4.94.